The zero-order valence-electron chi connectivity index (χ0n) is 12.6. The van der Waals surface area contributed by atoms with Crippen molar-refractivity contribution in [3.8, 4) is 0 Å². The molecule has 1 fully saturated rings. The maximum atomic E-state index is 12.2. The number of hydrogen-bond acceptors (Lipinski definition) is 2. The first-order chi connectivity index (χ1) is 8.67. The highest BCUT2D eigenvalue weighted by molar-refractivity contribution is 5.81. The normalized spacial score (nSPS) is 17.1. The topological polar surface area (TPSA) is 57.6 Å². The van der Waals surface area contributed by atoms with Crippen LogP contribution in [0.25, 0.3) is 0 Å². The highest BCUT2D eigenvalue weighted by Gasteiger charge is 2.29. The Morgan fingerprint density at radius 1 is 1.32 bits per heavy atom. The molecule has 0 aromatic rings. The molecule has 1 saturated carbocycles. The van der Waals surface area contributed by atoms with Crippen molar-refractivity contribution in [1.29, 1.82) is 0 Å². The van der Waals surface area contributed by atoms with E-state index in [2.05, 4.69) is 27.7 Å². The molecule has 0 aliphatic heterocycles. The van der Waals surface area contributed by atoms with E-state index < -0.39 is 5.97 Å². The van der Waals surface area contributed by atoms with Gasteiger partial charge in [0, 0.05) is 13.0 Å². The fourth-order valence-electron chi connectivity index (χ4n) is 2.57. The third kappa shape index (κ3) is 7.19. The summed E-state index contributed by atoms with van der Waals surface area (Å²) < 4.78 is 0. The minimum atomic E-state index is -0.919. The lowest BCUT2D eigenvalue weighted by Gasteiger charge is -2.26. The van der Waals surface area contributed by atoms with E-state index in [1.807, 2.05) is 0 Å². The monoisotopic (exact) mass is 269 g/mol. The van der Waals surface area contributed by atoms with E-state index in [1.165, 1.54) is 4.90 Å². The van der Waals surface area contributed by atoms with Crippen LogP contribution in [-0.4, -0.2) is 35.0 Å². The van der Waals surface area contributed by atoms with E-state index in [0.717, 1.165) is 19.3 Å². The van der Waals surface area contributed by atoms with Crippen molar-refractivity contribution >= 4 is 11.9 Å². The standard InChI is InChI=1S/C15H27NO3/c1-11(8-15(2,3)4)7-13(17)16(10-14(18)19)9-12-5-6-12/h11-12H,5-10H2,1-4H3,(H,18,19). The Hall–Kier alpha value is -1.06. The van der Waals surface area contributed by atoms with Gasteiger partial charge >= 0.3 is 5.97 Å². The summed E-state index contributed by atoms with van der Waals surface area (Å²) in [5, 5.41) is 8.89. The van der Waals surface area contributed by atoms with E-state index in [0.29, 0.717) is 24.8 Å². The number of carbonyl (C=O) groups excluding carboxylic acids is 1. The second-order valence-corrected chi connectivity index (χ2v) is 7.19. The van der Waals surface area contributed by atoms with Crippen molar-refractivity contribution in [2.45, 2.75) is 53.4 Å². The molecular weight excluding hydrogens is 242 g/mol. The molecule has 0 aromatic carbocycles. The fourth-order valence-corrected chi connectivity index (χ4v) is 2.57. The largest absolute Gasteiger partial charge is 0.480 e. The number of nitrogens with zero attached hydrogens (tertiary/aromatic N) is 1. The molecule has 0 spiro atoms. The molecule has 4 heteroatoms. The van der Waals surface area contributed by atoms with E-state index >= 15 is 0 Å². The average Bonchev–Trinajstić information content (AvgIpc) is 2.96. The Morgan fingerprint density at radius 2 is 1.89 bits per heavy atom. The molecule has 1 aliphatic carbocycles. The number of aliphatic carboxylic acids is 1. The summed E-state index contributed by atoms with van der Waals surface area (Å²) in [7, 11) is 0. The molecule has 19 heavy (non-hydrogen) atoms. The Kier molecular flexibility index (Phi) is 5.39. The van der Waals surface area contributed by atoms with Crippen LogP contribution in [0.2, 0.25) is 0 Å². The summed E-state index contributed by atoms with van der Waals surface area (Å²) >= 11 is 0. The Morgan fingerprint density at radius 3 is 2.32 bits per heavy atom. The molecule has 1 rings (SSSR count). The predicted octanol–water partition coefficient (Wildman–Crippen LogP) is 2.77. The second kappa shape index (κ2) is 6.40. The van der Waals surface area contributed by atoms with Crippen molar-refractivity contribution in [1.82, 2.24) is 4.90 Å². The molecule has 1 unspecified atom stereocenters. The van der Waals surface area contributed by atoms with Gasteiger partial charge in [-0.15, -0.1) is 0 Å². The minimum absolute atomic E-state index is 0.00829. The molecule has 1 atom stereocenters. The Balaban J connectivity index is 2.47. The SMILES string of the molecule is CC(CC(=O)N(CC(=O)O)CC1CC1)CC(C)(C)C. The van der Waals surface area contributed by atoms with Gasteiger partial charge in [0.15, 0.2) is 0 Å². The van der Waals surface area contributed by atoms with E-state index in [-0.39, 0.29) is 17.9 Å². The third-order valence-electron chi connectivity index (χ3n) is 3.34. The first-order valence-corrected chi connectivity index (χ1v) is 7.17. The lowest BCUT2D eigenvalue weighted by molar-refractivity contribution is -0.145. The molecule has 0 bridgehead atoms. The summed E-state index contributed by atoms with van der Waals surface area (Å²) in [4.78, 5) is 24.6. The van der Waals surface area contributed by atoms with Crippen molar-refractivity contribution < 1.29 is 14.7 Å². The van der Waals surface area contributed by atoms with Gasteiger partial charge in [0.2, 0.25) is 5.91 Å². The van der Waals surface area contributed by atoms with Gasteiger partial charge in [-0.3, -0.25) is 9.59 Å². The molecule has 1 aliphatic rings. The van der Waals surface area contributed by atoms with Crippen molar-refractivity contribution in [2.24, 2.45) is 17.3 Å². The van der Waals surface area contributed by atoms with E-state index in [4.69, 9.17) is 5.11 Å². The molecule has 0 radical (unpaired) electrons. The highest BCUT2D eigenvalue weighted by atomic mass is 16.4. The molecule has 4 nitrogen and oxygen atoms in total. The minimum Gasteiger partial charge on any atom is -0.480 e. The van der Waals surface area contributed by atoms with Crippen LogP contribution in [-0.2, 0) is 9.59 Å². The predicted molar refractivity (Wildman–Crippen MR) is 74.8 cm³/mol. The third-order valence-corrected chi connectivity index (χ3v) is 3.34. The van der Waals surface area contributed by atoms with Gasteiger partial charge in [-0.2, -0.15) is 0 Å². The first-order valence-electron chi connectivity index (χ1n) is 7.17. The van der Waals surface area contributed by atoms with Crippen LogP contribution in [0.4, 0.5) is 0 Å². The number of hydrogen-bond donors (Lipinski definition) is 1. The molecule has 0 heterocycles. The fraction of sp³-hybridized carbons (Fsp3) is 0.867. The second-order valence-electron chi connectivity index (χ2n) is 7.19. The number of carboxylic acid groups (broad SMARTS) is 1. The smallest absolute Gasteiger partial charge is 0.323 e. The summed E-state index contributed by atoms with van der Waals surface area (Å²) in [6.45, 7) is 9.01. The van der Waals surface area contributed by atoms with Gasteiger partial charge in [-0.25, -0.2) is 0 Å². The van der Waals surface area contributed by atoms with Gasteiger partial charge in [0.1, 0.15) is 6.54 Å². The molecule has 110 valence electrons. The van der Waals surface area contributed by atoms with Crippen LogP contribution in [0.1, 0.15) is 53.4 Å². The average molecular weight is 269 g/mol. The van der Waals surface area contributed by atoms with Gasteiger partial charge < -0.3 is 10.0 Å². The van der Waals surface area contributed by atoms with E-state index in [1.54, 1.807) is 0 Å². The van der Waals surface area contributed by atoms with E-state index in [9.17, 15) is 9.59 Å². The lowest BCUT2D eigenvalue weighted by atomic mass is 9.84. The van der Waals surface area contributed by atoms with Crippen molar-refractivity contribution in [2.75, 3.05) is 13.1 Å². The summed E-state index contributed by atoms with van der Waals surface area (Å²) in [5.74, 6) is -0.104. The van der Waals surface area contributed by atoms with Gasteiger partial charge in [0.25, 0.3) is 0 Å². The first kappa shape index (κ1) is 16.0. The molecule has 1 N–H and O–H groups in total. The lowest BCUT2D eigenvalue weighted by Crippen LogP contribution is -2.38. The van der Waals surface area contributed by atoms with Crippen molar-refractivity contribution in [3.63, 3.8) is 0 Å². The maximum absolute atomic E-state index is 12.2. The van der Waals surface area contributed by atoms with Crippen LogP contribution >= 0.6 is 0 Å². The van der Waals surface area contributed by atoms with Crippen LogP contribution in [0.15, 0.2) is 0 Å². The summed E-state index contributed by atoms with van der Waals surface area (Å²) in [5.41, 5.74) is 0.202. The van der Waals surface area contributed by atoms with Crippen LogP contribution < -0.4 is 0 Å². The number of rotatable bonds is 7. The zero-order valence-corrected chi connectivity index (χ0v) is 12.6. The summed E-state index contributed by atoms with van der Waals surface area (Å²) in [6, 6.07) is 0. The number of carboxylic acids is 1. The molecule has 1 amide bonds. The maximum Gasteiger partial charge on any atom is 0.323 e. The van der Waals surface area contributed by atoms with Gasteiger partial charge in [0.05, 0.1) is 0 Å². The quantitative estimate of drug-likeness (QED) is 0.773. The number of amides is 1. The van der Waals surface area contributed by atoms with Crippen molar-refractivity contribution in [3.05, 3.63) is 0 Å². The molecule has 0 saturated heterocycles. The molecule has 0 aromatic heterocycles. The number of carbonyl (C=O) groups is 2. The van der Waals surface area contributed by atoms with Crippen LogP contribution in [0.5, 0.6) is 0 Å². The zero-order chi connectivity index (χ0) is 14.6. The van der Waals surface area contributed by atoms with Crippen LogP contribution in [0, 0.1) is 17.3 Å². The highest BCUT2D eigenvalue weighted by Crippen LogP contribution is 2.31. The summed E-state index contributed by atoms with van der Waals surface area (Å²) in [6.07, 6.45) is 3.68. The van der Waals surface area contributed by atoms with Crippen LogP contribution in [0.3, 0.4) is 0 Å². The molecular formula is C15H27NO3. The Labute approximate surface area is 116 Å². The Bertz CT molecular complexity index is 329. The van der Waals surface area contributed by atoms with Gasteiger partial charge in [-0.1, -0.05) is 27.7 Å². The van der Waals surface area contributed by atoms with Gasteiger partial charge in [-0.05, 0) is 36.5 Å².